The maximum atomic E-state index is 3.79. The highest BCUT2D eigenvalue weighted by molar-refractivity contribution is 8.03. The molecule has 5 N–H and O–H groups in total. The third-order valence-corrected chi connectivity index (χ3v) is 6.27. The first kappa shape index (κ1) is 14.9. The molecule has 4 nitrogen and oxygen atoms in total. The molecule has 114 valence electrons. The number of hydrogen-bond donors (Lipinski definition) is 4. The fourth-order valence-corrected chi connectivity index (χ4v) is 5.39. The maximum absolute atomic E-state index is 3.79. The normalized spacial score (nSPS) is 33.5. The van der Waals surface area contributed by atoms with Crippen molar-refractivity contribution in [1.82, 2.24) is 10.6 Å². The SMILES string of the molecule is C[NH+](C)CCCNC1NC[NH2+]C2SC3=C(CCCC3)C12. The Balaban J connectivity index is 1.58. The smallest absolute Gasteiger partial charge is 0.147 e. The molecule has 5 heteroatoms. The van der Waals surface area contributed by atoms with Crippen LogP contribution in [0, 0.1) is 5.92 Å². The van der Waals surface area contributed by atoms with Gasteiger partial charge in [-0.2, -0.15) is 0 Å². The summed E-state index contributed by atoms with van der Waals surface area (Å²) in [5, 5.41) is 10.7. The summed E-state index contributed by atoms with van der Waals surface area (Å²) in [7, 11) is 4.47. The molecule has 2 heterocycles. The molecule has 3 rings (SSSR count). The van der Waals surface area contributed by atoms with Crippen LogP contribution in [-0.4, -0.2) is 45.4 Å². The second-order valence-electron chi connectivity index (χ2n) is 6.65. The van der Waals surface area contributed by atoms with Gasteiger partial charge in [-0.3, -0.25) is 5.32 Å². The monoisotopic (exact) mass is 298 g/mol. The summed E-state index contributed by atoms with van der Waals surface area (Å²) in [5.74, 6) is 0.718. The van der Waals surface area contributed by atoms with Gasteiger partial charge in [-0.1, -0.05) is 11.8 Å². The minimum absolute atomic E-state index is 0.500. The highest BCUT2D eigenvalue weighted by Gasteiger charge is 2.45. The molecule has 0 amide bonds. The van der Waals surface area contributed by atoms with E-state index in [4.69, 9.17) is 0 Å². The molecule has 1 saturated heterocycles. The Kier molecular flexibility index (Phi) is 5.04. The molecule has 3 aliphatic rings. The molecular weight excluding hydrogens is 268 g/mol. The van der Waals surface area contributed by atoms with Crippen LogP contribution in [0.3, 0.4) is 0 Å². The summed E-state index contributed by atoms with van der Waals surface area (Å²) >= 11 is 2.17. The summed E-state index contributed by atoms with van der Waals surface area (Å²) in [6.07, 6.45) is 7.26. The topological polar surface area (TPSA) is 45.1 Å². The molecule has 2 aliphatic heterocycles. The molecule has 1 aliphatic carbocycles. The summed E-state index contributed by atoms with van der Waals surface area (Å²) in [6, 6.07) is 0. The molecule has 20 heavy (non-hydrogen) atoms. The Labute approximate surface area is 127 Å². The number of thioether (sulfide) groups is 1. The van der Waals surface area contributed by atoms with Crippen LogP contribution in [0.1, 0.15) is 32.1 Å². The number of allylic oxidation sites excluding steroid dienone is 1. The quantitative estimate of drug-likeness (QED) is 0.497. The molecule has 0 spiro atoms. The van der Waals surface area contributed by atoms with Gasteiger partial charge in [0.15, 0.2) is 0 Å². The van der Waals surface area contributed by atoms with Crippen molar-refractivity contribution in [2.75, 3.05) is 33.9 Å². The van der Waals surface area contributed by atoms with E-state index in [9.17, 15) is 0 Å². The second kappa shape index (κ2) is 6.79. The number of nitrogens with two attached hydrogens (primary N) is 1. The van der Waals surface area contributed by atoms with Gasteiger partial charge in [0.25, 0.3) is 0 Å². The highest BCUT2D eigenvalue weighted by Crippen LogP contribution is 2.47. The van der Waals surface area contributed by atoms with Crippen molar-refractivity contribution in [2.24, 2.45) is 5.92 Å². The molecule has 3 unspecified atom stereocenters. The van der Waals surface area contributed by atoms with Crippen molar-refractivity contribution in [3.63, 3.8) is 0 Å². The number of nitrogens with one attached hydrogen (secondary N) is 3. The molecule has 0 aromatic carbocycles. The van der Waals surface area contributed by atoms with Gasteiger partial charge < -0.3 is 15.5 Å². The summed E-state index contributed by atoms with van der Waals surface area (Å²) in [5.41, 5.74) is 1.78. The van der Waals surface area contributed by atoms with Crippen molar-refractivity contribution in [1.29, 1.82) is 0 Å². The van der Waals surface area contributed by atoms with Gasteiger partial charge in [-0.05, 0) is 36.2 Å². The zero-order chi connectivity index (χ0) is 13.9. The summed E-state index contributed by atoms with van der Waals surface area (Å²) in [6.45, 7) is 3.45. The number of hydrogen-bond acceptors (Lipinski definition) is 3. The number of rotatable bonds is 5. The Morgan fingerprint density at radius 1 is 1.35 bits per heavy atom. The van der Waals surface area contributed by atoms with E-state index in [-0.39, 0.29) is 0 Å². The standard InChI is InChI=1S/C15H28N4S/c1-19(2)9-5-8-16-14-13-11-6-3-4-7-12(11)20-15(13)18-10-17-14/h13-18H,3-10H2,1-2H3/p+2. The van der Waals surface area contributed by atoms with E-state index < -0.39 is 0 Å². The van der Waals surface area contributed by atoms with Crippen molar-refractivity contribution in [3.05, 3.63) is 10.5 Å². The third kappa shape index (κ3) is 3.22. The Hall–Kier alpha value is -0.0700. The van der Waals surface area contributed by atoms with Crippen LogP contribution >= 0.6 is 11.8 Å². The van der Waals surface area contributed by atoms with Crippen LogP contribution in [0.15, 0.2) is 10.5 Å². The minimum Gasteiger partial charge on any atom is -0.340 e. The highest BCUT2D eigenvalue weighted by atomic mass is 32.2. The first-order valence-corrected chi connectivity index (χ1v) is 9.11. The van der Waals surface area contributed by atoms with E-state index in [1.54, 1.807) is 15.4 Å². The first-order valence-electron chi connectivity index (χ1n) is 8.23. The average molecular weight is 299 g/mol. The van der Waals surface area contributed by atoms with E-state index in [0.29, 0.717) is 6.17 Å². The van der Waals surface area contributed by atoms with Crippen molar-refractivity contribution in [3.8, 4) is 0 Å². The van der Waals surface area contributed by atoms with Crippen LogP contribution in [0.5, 0.6) is 0 Å². The van der Waals surface area contributed by atoms with E-state index >= 15 is 0 Å². The molecule has 0 radical (unpaired) electrons. The molecule has 1 fully saturated rings. The zero-order valence-corrected chi connectivity index (χ0v) is 13.7. The summed E-state index contributed by atoms with van der Waals surface area (Å²) in [4.78, 5) is 3.28. The third-order valence-electron chi connectivity index (χ3n) is 4.76. The van der Waals surface area contributed by atoms with Crippen LogP contribution in [0.25, 0.3) is 0 Å². The molecule has 3 atom stereocenters. The molecule has 0 aromatic rings. The van der Waals surface area contributed by atoms with Gasteiger partial charge >= 0.3 is 0 Å². The summed E-state index contributed by atoms with van der Waals surface area (Å²) < 4.78 is 0. The van der Waals surface area contributed by atoms with Crippen molar-refractivity contribution in [2.45, 2.75) is 43.6 Å². The van der Waals surface area contributed by atoms with Gasteiger partial charge in [0, 0.05) is 13.0 Å². The molecule has 0 saturated carbocycles. The number of fused-ring (bicyclic) bond motifs is 2. The predicted molar refractivity (Wildman–Crippen MR) is 84.4 cm³/mol. The lowest BCUT2D eigenvalue weighted by Crippen LogP contribution is -3.05. The van der Waals surface area contributed by atoms with E-state index in [2.05, 4.69) is 41.8 Å². The Bertz CT molecular complexity index is 369. The van der Waals surface area contributed by atoms with Crippen LogP contribution in [0.2, 0.25) is 0 Å². The minimum atomic E-state index is 0.500. The van der Waals surface area contributed by atoms with Crippen LogP contribution < -0.4 is 20.9 Å². The van der Waals surface area contributed by atoms with Gasteiger partial charge in [0.05, 0.1) is 32.7 Å². The lowest BCUT2D eigenvalue weighted by atomic mass is 9.86. The average Bonchev–Trinajstić information content (AvgIpc) is 2.82. The van der Waals surface area contributed by atoms with E-state index in [1.807, 2.05) is 0 Å². The van der Waals surface area contributed by atoms with Gasteiger partial charge in [-0.25, -0.2) is 0 Å². The molecule has 0 bridgehead atoms. The Morgan fingerprint density at radius 2 is 2.20 bits per heavy atom. The van der Waals surface area contributed by atoms with Crippen molar-refractivity contribution < 1.29 is 10.2 Å². The second-order valence-corrected chi connectivity index (χ2v) is 7.92. The van der Waals surface area contributed by atoms with Crippen LogP contribution in [0.4, 0.5) is 0 Å². The lowest BCUT2D eigenvalue weighted by Gasteiger charge is -2.35. The van der Waals surface area contributed by atoms with E-state index in [0.717, 1.165) is 24.5 Å². The van der Waals surface area contributed by atoms with E-state index in [1.165, 1.54) is 38.6 Å². The maximum Gasteiger partial charge on any atom is 0.147 e. The largest absolute Gasteiger partial charge is 0.340 e. The zero-order valence-electron chi connectivity index (χ0n) is 12.9. The fraction of sp³-hybridized carbons (Fsp3) is 0.867. The van der Waals surface area contributed by atoms with Gasteiger partial charge in [-0.15, -0.1) is 0 Å². The number of quaternary nitrogens is 2. The van der Waals surface area contributed by atoms with Crippen LogP contribution in [-0.2, 0) is 0 Å². The lowest BCUT2D eigenvalue weighted by molar-refractivity contribution is -0.858. The predicted octanol–water partition coefficient (Wildman–Crippen LogP) is -0.922. The molecular formula is C15H30N4S+2. The fourth-order valence-electron chi connectivity index (χ4n) is 3.75. The van der Waals surface area contributed by atoms with Gasteiger partial charge in [0.1, 0.15) is 12.0 Å². The Morgan fingerprint density at radius 3 is 3.05 bits per heavy atom. The molecule has 0 aromatic heterocycles. The van der Waals surface area contributed by atoms with Crippen molar-refractivity contribution >= 4 is 11.8 Å². The van der Waals surface area contributed by atoms with Gasteiger partial charge in [0.2, 0.25) is 0 Å². The first-order chi connectivity index (χ1) is 9.75.